The molecule has 0 saturated carbocycles. The van der Waals surface area contributed by atoms with Crippen LogP contribution in [0.15, 0.2) is 16.9 Å². The van der Waals surface area contributed by atoms with Crippen LogP contribution in [0.4, 0.5) is 0 Å². The van der Waals surface area contributed by atoms with Crippen LogP contribution >= 0.6 is 0 Å². The van der Waals surface area contributed by atoms with Crippen LogP contribution in [0.3, 0.4) is 0 Å². The van der Waals surface area contributed by atoms with Gasteiger partial charge in [0.2, 0.25) is 5.91 Å². The second-order valence-corrected chi connectivity index (χ2v) is 7.00. The summed E-state index contributed by atoms with van der Waals surface area (Å²) in [6.45, 7) is 3.16. The van der Waals surface area contributed by atoms with Crippen molar-refractivity contribution in [1.29, 1.82) is 0 Å². The minimum atomic E-state index is -0.339. The van der Waals surface area contributed by atoms with E-state index in [1.807, 2.05) is 11.9 Å². The van der Waals surface area contributed by atoms with E-state index in [1.165, 1.54) is 12.1 Å². The van der Waals surface area contributed by atoms with Crippen molar-refractivity contribution >= 4 is 11.8 Å². The van der Waals surface area contributed by atoms with Crippen molar-refractivity contribution in [2.24, 2.45) is 5.92 Å². The number of aromatic nitrogens is 2. The summed E-state index contributed by atoms with van der Waals surface area (Å²) in [6.07, 6.45) is 3.71. The second kappa shape index (κ2) is 7.77. The van der Waals surface area contributed by atoms with Crippen molar-refractivity contribution in [3.8, 4) is 0 Å². The Morgan fingerprint density at radius 2 is 1.96 bits per heavy atom. The summed E-state index contributed by atoms with van der Waals surface area (Å²) in [7, 11) is 1.98. The highest BCUT2D eigenvalue weighted by Gasteiger charge is 2.31. The first kappa shape index (κ1) is 17.6. The second-order valence-electron chi connectivity index (χ2n) is 7.00. The van der Waals surface area contributed by atoms with Gasteiger partial charge in [0.05, 0.1) is 5.92 Å². The zero-order valence-electron chi connectivity index (χ0n) is 14.5. The Labute approximate surface area is 146 Å². The lowest BCUT2D eigenvalue weighted by molar-refractivity contribution is -0.135. The van der Waals surface area contributed by atoms with E-state index in [9.17, 15) is 14.4 Å². The maximum atomic E-state index is 12.6. The minimum Gasteiger partial charge on any atom is -0.347 e. The maximum Gasteiger partial charge on any atom is 0.271 e. The van der Waals surface area contributed by atoms with E-state index < -0.39 is 0 Å². The van der Waals surface area contributed by atoms with Crippen molar-refractivity contribution < 1.29 is 9.59 Å². The van der Waals surface area contributed by atoms with Gasteiger partial charge in [0.25, 0.3) is 11.5 Å². The predicted molar refractivity (Wildman–Crippen MR) is 92.1 cm³/mol. The van der Waals surface area contributed by atoms with Gasteiger partial charge in [0.1, 0.15) is 5.69 Å². The summed E-state index contributed by atoms with van der Waals surface area (Å²) < 4.78 is 0. The quantitative estimate of drug-likeness (QED) is 0.791. The first-order valence-corrected chi connectivity index (χ1v) is 8.87. The van der Waals surface area contributed by atoms with Crippen LogP contribution in [0.1, 0.15) is 36.2 Å². The maximum absolute atomic E-state index is 12.6. The average Bonchev–Trinajstić information content (AvgIpc) is 3.06. The molecule has 8 heteroatoms. The first-order valence-electron chi connectivity index (χ1n) is 8.87. The highest BCUT2D eigenvalue weighted by Crippen LogP contribution is 2.21. The minimum absolute atomic E-state index is 0.00351. The number of nitrogens with zero attached hydrogens (tertiary/aromatic N) is 3. The number of H-pyrrole nitrogens is 1. The zero-order valence-corrected chi connectivity index (χ0v) is 14.5. The molecule has 136 valence electrons. The topological polar surface area (TPSA) is 98.4 Å². The Morgan fingerprint density at radius 3 is 2.64 bits per heavy atom. The summed E-state index contributed by atoms with van der Waals surface area (Å²) in [5, 5.41) is 8.99. The van der Waals surface area contributed by atoms with Gasteiger partial charge in [0.15, 0.2) is 0 Å². The van der Waals surface area contributed by atoms with Crippen molar-refractivity contribution in [1.82, 2.24) is 25.3 Å². The highest BCUT2D eigenvalue weighted by molar-refractivity contribution is 5.92. The Kier molecular flexibility index (Phi) is 5.47. The third-order valence-electron chi connectivity index (χ3n) is 4.94. The average molecular weight is 347 g/mol. The third-order valence-corrected chi connectivity index (χ3v) is 4.94. The molecule has 1 aromatic rings. The third kappa shape index (κ3) is 4.45. The molecule has 2 aliphatic heterocycles. The van der Waals surface area contributed by atoms with Gasteiger partial charge in [-0.1, -0.05) is 0 Å². The van der Waals surface area contributed by atoms with Gasteiger partial charge in [-0.2, -0.15) is 5.10 Å². The summed E-state index contributed by atoms with van der Waals surface area (Å²) in [5.41, 5.74) is -0.148. The summed E-state index contributed by atoms with van der Waals surface area (Å²) in [5.74, 6) is -0.0613. The molecule has 3 rings (SSSR count). The normalized spacial score (nSPS) is 24.8. The molecule has 0 unspecified atom stereocenters. The molecule has 0 spiro atoms. The molecule has 2 saturated heterocycles. The molecule has 25 heavy (non-hydrogen) atoms. The van der Waals surface area contributed by atoms with Crippen LogP contribution < -0.4 is 10.9 Å². The number of rotatable bonds is 3. The van der Waals surface area contributed by atoms with Crippen molar-refractivity contribution in [2.45, 2.75) is 31.7 Å². The number of nitrogens with one attached hydrogen (secondary N) is 2. The van der Waals surface area contributed by atoms with E-state index in [2.05, 4.69) is 20.4 Å². The van der Waals surface area contributed by atoms with Gasteiger partial charge in [-0.15, -0.1) is 0 Å². The fourth-order valence-electron chi connectivity index (χ4n) is 3.66. The van der Waals surface area contributed by atoms with Gasteiger partial charge >= 0.3 is 0 Å². The molecule has 2 fully saturated rings. The molecule has 0 bridgehead atoms. The summed E-state index contributed by atoms with van der Waals surface area (Å²) in [4.78, 5) is 40.0. The van der Waals surface area contributed by atoms with Gasteiger partial charge in [-0.25, -0.2) is 5.10 Å². The standard InChI is InChI=1S/C17H25N5O3/c1-21-10-12(17(25)22-8-2-3-9-22)4-5-13(11-21)18-16(24)14-6-7-15(23)20-19-14/h6-7,12-13H,2-5,8-11H2,1H3,(H,18,24)(H,20,23)/t12-,13+/m1/s1. The Bertz CT molecular complexity index is 663. The highest BCUT2D eigenvalue weighted by atomic mass is 16.2. The van der Waals surface area contributed by atoms with Crippen molar-refractivity contribution in [2.75, 3.05) is 33.2 Å². The fraction of sp³-hybridized carbons (Fsp3) is 0.647. The van der Waals surface area contributed by atoms with Crippen molar-refractivity contribution in [3.05, 3.63) is 28.2 Å². The molecular formula is C17H25N5O3. The van der Waals surface area contributed by atoms with E-state index in [0.717, 1.165) is 45.3 Å². The number of likely N-dealkylation sites (N-methyl/N-ethyl adjacent to an activating group) is 1. The number of hydrogen-bond donors (Lipinski definition) is 2. The molecular weight excluding hydrogens is 322 g/mol. The number of carbonyl (C=O) groups excluding carboxylic acids is 2. The van der Waals surface area contributed by atoms with E-state index in [-0.39, 0.29) is 35.0 Å². The van der Waals surface area contributed by atoms with Crippen LogP contribution in [0.2, 0.25) is 0 Å². The van der Waals surface area contributed by atoms with E-state index in [0.29, 0.717) is 6.54 Å². The largest absolute Gasteiger partial charge is 0.347 e. The number of aromatic amines is 1. The molecule has 0 aromatic carbocycles. The number of carbonyl (C=O) groups is 2. The van der Waals surface area contributed by atoms with Gasteiger partial charge in [-0.3, -0.25) is 14.4 Å². The molecule has 2 N–H and O–H groups in total. The van der Waals surface area contributed by atoms with E-state index in [1.54, 1.807) is 0 Å². The molecule has 2 aliphatic rings. The number of likely N-dealkylation sites (tertiary alicyclic amines) is 2. The van der Waals surface area contributed by atoms with E-state index >= 15 is 0 Å². The predicted octanol–water partition coefficient (Wildman–Crippen LogP) is -0.167. The van der Waals surface area contributed by atoms with Gasteiger partial charge in [-0.05, 0) is 38.8 Å². The fourth-order valence-corrected chi connectivity index (χ4v) is 3.66. The molecule has 0 radical (unpaired) electrons. The van der Waals surface area contributed by atoms with Crippen LogP contribution in [-0.4, -0.2) is 71.1 Å². The van der Waals surface area contributed by atoms with Crippen LogP contribution in [0.25, 0.3) is 0 Å². The Balaban J connectivity index is 1.59. The van der Waals surface area contributed by atoms with Crippen molar-refractivity contribution in [3.63, 3.8) is 0 Å². The lowest BCUT2D eigenvalue weighted by Crippen LogP contribution is -2.42. The summed E-state index contributed by atoms with van der Waals surface area (Å²) in [6, 6.07) is 2.66. The molecule has 2 amide bonds. The van der Waals surface area contributed by atoms with Gasteiger partial charge in [0, 0.05) is 38.3 Å². The van der Waals surface area contributed by atoms with Crippen LogP contribution in [0.5, 0.6) is 0 Å². The SMILES string of the molecule is CN1C[C@@H](NC(=O)c2ccc(=O)[nH]n2)CC[C@@H](C(=O)N2CCCC2)C1. The zero-order chi connectivity index (χ0) is 17.8. The summed E-state index contributed by atoms with van der Waals surface area (Å²) >= 11 is 0. The lowest BCUT2D eigenvalue weighted by Gasteiger charge is -2.24. The monoisotopic (exact) mass is 347 g/mol. The molecule has 0 aliphatic carbocycles. The van der Waals surface area contributed by atoms with Gasteiger partial charge < -0.3 is 15.1 Å². The first-order chi connectivity index (χ1) is 12.0. The van der Waals surface area contributed by atoms with Crippen LogP contribution in [0, 0.1) is 5.92 Å². The Morgan fingerprint density at radius 1 is 1.20 bits per heavy atom. The Hall–Kier alpha value is -2.22. The lowest BCUT2D eigenvalue weighted by atomic mass is 10.0. The molecule has 1 aromatic heterocycles. The molecule has 3 heterocycles. The number of hydrogen-bond acceptors (Lipinski definition) is 5. The smallest absolute Gasteiger partial charge is 0.271 e. The van der Waals surface area contributed by atoms with E-state index in [4.69, 9.17) is 0 Å². The van der Waals surface area contributed by atoms with Crippen LogP contribution in [-0.2, 0) is 4.79 Å². The number of amides is 2. The molecule has 2 atom stereocenters. The molecule has 8 nitrogen and oxygen atoms in total.